The minimum Gasteiger partial charge on any atom is -1.00 e. The molecule has 0 aliphatic heterocycles. The summed E-state index contributed by atoms with van der Waals surface area (Å²) in [5.41, 5.74) is 2.82. The van der Waals surface area contributed by atoms with E-state index in [-0.39, 0.29) is 58.9 Å². The molecule has 0 atom stereocenters. The van der Waals surface area contributed by atoms with Gasteiger partial charge in [0.1, 0.15) is 0 Å². The quantitative estimate of drug-likeness (QED) is 0.361. The third-order valence-corrected chi connectivity index (χ3v) is 4.12. The molecule has 0 nitrogen and oxygen atoms in total. The van der Waals surface area contributed by atoms with E-state index in [9.17, 15) is 0 Å². The Hall–Kier alpha value is 0.501. The molecule has 1 aliphatic carbocycles. The molecule has 1 aromatic carbocycles. The standard InChI is InChI=1S/C15H17Si.3ClH.Ti/c1-3-6-13-8-5-10-15(13)16-14-9-4-7-12(2)11-14;;;;/h4,7,9-11H,3,5-6H2,1-2H3;3*1H;/q-1;;;;+4/p-3. The first-order valence-electron chi connectivity index (χ1n) is 5.93. The molecule has 0 aromatic heterocycles. The number of allylic oxidation sites excluding steroid dienone is 4. The van der Waals surface area contributed by atoms with Gasteiger partial charge in [0.25, 0.3) is 0 Å². The van der Waals surface area contributed by atoms with Gasteiger partial charge in [-0.05, 0) is 6.92 Å². The Bertz CT molecular complexity index is 444. The predicted octanol–water partition coefficient (Wildman–Crippen LogP) is -5.85. The Morgan fingerprint density at radius 2 is 1.90 bits per heavy atom. The normalized spacial score (nSPS) is 11.9. The molecule has 0 bridgehead atoms. The van der Waals surface area contributed by atoms with Crippen molar-refractivity contribution in [1.82, 2.24) is 0 Å². The summed E-state index contributed by atoms with van der Waals surface area (Å²) in [4.78, 5) is 0. The van der Waals surface area contributed by atoms with Gasteiger partial charge < -0.3 is 37.2 Å². The van der Waals surface area contributed by atoms with Gasteiger partial charge in [0.05, 0.1) is 0 Å². The fourth-order valence-corrected chi connectivity index (χ4v) is 3.33. The van der Waals surface area contributed by atoms with Crippen molar-refractivity contribution >= 4 is 14.7 Å². The molecule has 106 valence electrons. The van der Waals surface area contributed by atoms with Crippen LogP contribution in [0.25, 0.3) is 0 Å². The van der Waals surface area contributed by atoms with E-state index in [1.807, 2.05) is 0 Å². The summed E-state index contributed by atoms with van der Waals surface area (Å²) in [6.07, 6.45) is 9.24. The zero-order valence-corrected chi connectivity index (χ0v) is 16.5. The molecule has 0 saturated carbocycles. The van der Waals surface area contributed by atoms with Crippen molar-refractivity contribution in [2.75, 3.05) is 0 Å². The maximum Gasteiger partial charge on any atom is 4.00 e. The van der Waals surface area contributed by atoms with Crippen molar-refractivity contribution in [3.05, 3.63) is 52.8 Å². The second-order valence-electron chi connectivity index (χ2n) is 4.22. The van der Waals surface area contributed by atoms with Crippen molar-refractivity contribution in [1.29, 1.82) is 0 Å². The maximum atomic E-state index is 3.47. The average Bonchev–Trinajstić information content (AvgIpc) is 2.66. The first-order valence-corrected chi connectivity index (χ1v) is 6.93. The van der Waals surface area contributed by atoms with Crippen LogP contribution in [0.5, 0.6) is 0 Å². The first kappa shape index (κ1) is 25.5. The van der Waals surface area contributed by atoms with Gasteiger partial charge in [-0.15, -0.1) is 6.42 Å². The van der Waals surface area contributed by atoms with E-state index < -0.39 is 0 Å². The van der Waals surface area contributed by atoms with E-state index >= 15 is 0 Å². The summed E-state index contributed by atoms with van der Waals surface area (Å²) < 4.78 is 0. The Morgan fingerprint density at radius 3 is 2.50 bits per heavy atom. The van der Waals surface area contributed by atoms with Crippen LogP contribution in [0.1, 0.15) is 31.7 Å². The molecule has 2 radical (unpaired) electrons. The van der Waals surface area contributed by atoms with Gasteiger partial charge in [0, 0.05) is 9.52 Å². The van der Waals surface area contributed by atoms with Crippen LogP contribution in [-0.2, 0) is 21.7 Å². The van der Waals surface area contributed by atoms with Crippen LogP contribution in [0.2, 0.25) is 0 Å². The first-order chi connectivity index (χ1) is 7.79. The van der Waals surface area contributed by atoms with Gasteiger partial charge >= 0.3 is 21.7 Å². The fraction of sp³-hybridized carbons (Fsp3) is 0.333. The molecule has 0 N–H and O–H groups in total. The monoisotopic (exact) mass is 378 g/mol. The van der Waals surface area contributed by atoms with Crippen LogP contribution in [0.3, 0.4) is 0 Å². The Kier molecular flexibility index (Phi) is 16.8. The van der Waals surface area contributed by atoms with Crippen molar-refractivity contribution in [2.45, 2.75) is 33.1 Å². The van der Waals surface area contributed by atoms with E-state index in [1.165, 1.54) is 34.4 Å². The van der Waals surface area contributed by atoms with E-state index in [4.69, 9.17) is 0 Å². The molecule has 1 aliphatic rings. The van der Waals surface area contributed by atoms with Crippen LogP contribution in [0.4, 0.5) is 0 Å². The van der Waals surface area contributed by atoms with Gasteiger partial charge in [-0.3, -0.25) is 6.08 Å². The molecular weight excluding hydrogens is 362 g/mol. The summed E-state index contributed by atoms with van der Waals surface area (Å²) in [7, 11) is 0.806. The van der Waals surface area contributed by atoms with Gasteiger partial charge in [0.15, 0.2) is 0 Å². The molecule has 0 amide bonds. The smallest absolute Gasteiger partial charge is 1.00 e. The number of aryl methyl sites for hydroxylation is 1. The third-order valence-electron chi connectivity index (χ3n) is 2.74. The van der Waals surface area contributed by atoms with Crippen molar-refractivity contribution < 1.29 is 58.9 Å². The predicted molar refractivity (Wildman–Crippen MR) is 70.9 cm³/mol. The van der Waals surface area contributed by atoms with Gasteiger partial charge in [0.2, 0.25) is 0 Å². The van der Waals surface area contributed by atoms with Gasteiger partial charge in [-0.25, -0.2) is 10.8 Å². The minimum absolute atomic E-state index is 0. The minimum atomic E-state index is 0. The van der Waals surface area contributed by atoms with E-state index in [0.717, 1.165) is 15.9 Å². The van der Waals surface area contributed by atoms with Crippen LogP contribution in [0.15, 0.2) is 41.1 Å². The molecule has 0 saturated heterocycles. The van der Waals surface area contributed by atoms with Crippen molar-refractivity contribution in [3.8, 4) is 0 Å². The number of rotatable bonds is 4. The molecule has 0 spiro atoms. The number of hydrogen-bond acceptors (Lipinski definition) is 0. The zero-order chi connectivity index (χ0) is 11.4. The van der Waals surface area contributed by atoms with Crippen LogP contribution >= 0.6 is 0 Å². The summed E-state index contributed by atoms with van der Waals surface area (Å²) in [5, 5.41) is 2.97. The molecule has 2 rings (SSSR count). The van der Waals surface area contributed by atoms with E-state index in [2.05, 4.69) is 50.3 Å². The van der Waals surface area contributed by atoms with Crippen molar-refractivity contribution in [2.24, 2.45) is 0 Å². The van der Waals surface area contributed by atoms with E-state index in [0.29, 0.717) is 0 Å². The summed E-state index contributed by atoms with van der Waals surface area (Å²) >= 11 is 0. The average molecular weight is 380 g/mol. The Labute approximate surface area is 158 Å². The molecular formula is C15H17Cl3SiTi. The second-order valence-corrected chi connectivity index (χ2v) is 5.59. The van der Waals surface area contributed by atoms with Gasteiger partial charge in [-0.2, -0.15) is 6.08 Å². The molecule has 0 unspecified atom stereocenters. The maximum absolute atomic E-state index is 3.47. The van der Waals surface area contributed by atoms with Crippen molar-refractivity contribution in [3.63, 3.8) is 0 Å². The SMILES string of the molecule is CCCC1=[C-]CC=C1[Si]c1cccc(C)c1.[Cl-].[Cl-].[Cl-].[Ti+4]. The summed E-state index contributed by atoms with van der Waals surface area (Å²) in [6.45, 7) is 4.40. The van der Waals surface area contributed by atoms with Crippen LogP contribution in [-0.4, -0.2) is 9.52 Å². The van der Waals surface area contributed by atoms with Crippen LogP contribution in [0, 0.1) is 13.0 Å². The topological polar surface area (TPSA) is 0 Å². The Morgan fingerprint density at radius 1 is 1.20 bits per heavy atom. The summed E-state index contributed by atoms with van der Waals surface area (Å²) in [5.74, 6) is 0. The zero-order valence-electron chi connectivity index (χ0n) is 11.6. The number of halogens is 3. The van der Waals surface area contributed by atoms with E-state index in [1.54, 1.807) is 0 Å². The van der Waals surface area contributed by atoms with Crippen LogP contribution < -0.4 is 42.4 Å². The Balaban J connectivity index is -0.000000722. The molecule has 1 aromatic rings. The largest absolute Gasteiger partial charge is 4.00 e. The summed E-state index contributed by atoms with van der Waals surface area (Å²) in [6, 6.07) is 8.83. The fourth-order valence-electron chi connectivity index (χ4n) is 1.97. The molecule has 0 fully saturated rings. The number of benzene rings is 1. The number of hydrogen-bond donors (Lipinski definition) is 0. The molecule has 0 heterocycles. The molecule has 5 heteroatoms. The molecule has 20 heavy (non-hydrogen) atoms. The van der Waals surface area contributed by atoms with Gasteiger partial charge in [-0.1, -0.05) is 54.8 Å². The third kappa shape index (κ3) is 7.49. The second kappa shape index (κ2) is 13.2.